The Morgan fingerprint density at radius 2 is 2.26 bits per heavy atom. The molecule has 19 heavy (non-hydrogen) atoms. The molecule has 0 unspecified atom stereocenters. The van der Waals surface area contributed by atoms with Crippen LogP contribution in [-0.2, 0) is 18.3 Å². The quantitative estimate of drug-likeness (QED) is 0.850. The molecule has 0 spiro atoms. The molecule has 0 aromatic carbocycles. The zero-order valence-electron chi connectivity index (χ0n) is 11.5. The molecule has 1 aromatic heterocycles. The summed E-state index contributed by atoms with van der Waals surface area (Å²) in [7, 11) is 3.32. The molecule has 0 bridgehead atoms. The van der Waals surface area contributed by atoms with Crippen LogP contribution in [0.2, 0.25) is 0 Å². The highest BCUT2D eigenvalue weighted by atomic mass is 79.9. The third-order valence-electron chi connectivity index (χ3n) is 2.40. The number of halogens is 1. The van der Waals surface area contributed by atoms with E-state index in [1.165, 1.54) is 9.58 Å². The number of ether oxygens (including phenoxy) is 1. The van der Waals surface area contributed by atoms with Crippen LogP contribution in [-0.4, -0.2) is 34.4 Å². The SMILES string of the molecule is CC(C)COC(=O)N(C)Cc1nn(C)c(C#N)c1Br. The Morgan fingerprint density at radius 1 is 1.63 bits per heavy atom. The molecule has 1 aromatic rings. The van der Waals surface area contributed by atoms with E-state index in [9.17, 15) is 4.79 Å². The second kappa shape index (κ2) is 6.57. The fourth-order valence-corrected chi connectivity index (χ4v) is 1.96. The van der Waals surface area contributed by atoms with Gasteiger partial charge in [-0.05, 0) is 21.8 Å². The minimum atomic E-state index is -0.398. The summed E-state index contributed by atoms with van der Waals surface area (Å²) in [5.41, 5.74) is 1.06. The van der Waals surface area contributed by atoms with E-state index in [1.807, 2.05) is 19.9 Å². The molecule has 0 aliphatic heterocycles. The lowest BCUT2D eigenvalue weighted by Crippen LogP contribution is -2.28. The lowest BCUT2D eigenvalue weighted by Gasteiger charge is -2.16. The van der Waals surface area contributed by atoms with Gasteiger partial charge in [0.15, 0.2) is 5.69 Å². The zero-order valence-corrected chi connectivity index (χ0v) is 13.1. The first-order chi connectivity index (χ1) is 8.86. The first-order valence-corrected chi connectivity index (χ1v) is 6.65. The Kier molecular flexibility index (Phi) is 5.36. The molecular weight excluding hydrogens is 312 g/mol. The summed E-state index contributed by atoms with van der Waals surface area (Å²) in [5, 5.41) is 13.2. The van der Waals surface area contributed by atoms with Gasteiger partial charge >= 0.3 is 6.09 Å². The molecule has 0 atom stereocenters. The molecule has 0 fully saturated rings. The highest BCUT2D eigenvalue weighted by Gasteiger charge is 2.18. The average Bonchev–Trinajstić information content (AvgIpc) is 2.60. The number of nitrogens with zero attached hydrogens (tertiary/aromatic N) is 4. The van der Waals surface area contributed by atoms with Crippen LogP contribution in [0.1, 0.15) is 25.2 Å². The van der Waals surface area contributed by atoms with E-state index in [-0.39, 0.29) is 6.54 Å². The number of aromatic nitrogens is 2. The van der Waals surface area contributed by atoms with Crippen LogP contribution in [0.4, 0.5) is 4.79 Å². The second-order valence-electron chi connectivity index (χ2n) is 4.67. The van der Waals surface area contributed by atoms with Crippen molar-refractivity contribution in [3.8, 4) is 6.07 Å². The molecule has 1 heterocycles. The summed E-state index contributed by atoms with van der Waals surface area (Å²) in [6.45, 7) is 4.62. The molecule has 0 saturated carbocycles. The van der Waals surface area contributed by atoms with Crippen molar-refractivity contribution in [1.82, 2.24) is 14.7 Å². The summed E-state index contributed by atoms with van der Waals surface area (Å²) in [5.74, 6) is 0.295. The Hall–Kier alpha value is -1.55. The monoisotopic (exact) mass is 328 g/mol. The van der Waals surface area contributed by atoms with Crippen LogP contribution in [0.25, 0.3) is 0 Å². The van der Waals surface area contributed by atoms with Crippen molar-refractivity contribution >= 4 is 22.0 Å². The van der Waals surface area contributed by atoms with Crippen molar-refractivity contribution in [1.29, 1.82) is 5.26 Å². The fraction of sp³-hybridized carbons (Fsp3) is 0.583. The van der Waals surface area contributed by atoms with Crippen LogP contribution in [0.3, 0.4) is 0 Å². The molecule has 0 aliphatic carbocycles. The number of carbonyl (C=O) groups is 1. The minimum absolute atomic E-state index is 0.285. The van der Waals surface area contributed by atoms with Crippen molar-refractivity contribution in [3.05, 3.63) is 15.9 Å². The standard InChI is InChI=1S/C12H17BrN4O2/c1-8(2)7-19-12(18)16(3)6-9-11(13)10(5-14)17(4)15-9/h8H,6-7H2,1-4H3. The van der Waals surface area contributed by atoms with E-state index in [1.54, 1.807) is 14.1 Å². The van der Waals surface area contributed by atoms with E-state index in [2.05, 4.69) is 21.0 Å². The van der Waals surface area contributed by atoms with Crippen molar-refractivity contribution in [2.24, 2.45) is 13.0 Å². The molecule has 1 amide bonds. The summed E-state index contributed by atoms with van der Waals surface area (Å²) in [4.78, 5) is 13.1. The van der Waals surface area contributed by atoms with Gasteiger partial charge in [0, 0.05) is 14.1 Å². The number of amides is 1. The van der Waals surface area contributed by atoms with Crippen LogP contribution < -0.4 is 0 Å². The van der Waals surface area contributed by atoms with Gasteiger partial charge in [0.25, 0.3) is 0 Å². The van der Waals surface area contributed by atoms with Crippen molar-refractivity contribution in [3.63, 3.8) is 0 Å². The number of hydrogen-bond acceptors (Lipinski definition) is 4. The Labute approximate surface area is 121 Å². The number of hydrogen-bond donors (Lipinski definition) is 0. The topological polar surface area (TPSA) is 71.2 Å². The second-order valence-corrected chi connectivity index (χ2v) is 5.46. The zero-order chi connectivity index (χ0) is 14.6. The number of aryl methyl sites for hydroxylation is 1. The van der Waals surface area contributed by atoms with Gasteiger partial charge in [0.05, 0.1) is 23.3 Å². The molecule has 104 valence electrons. The van der Waals surface area contributed by atoms with Crippen LogP contribution in [0.15, 0.2) is 4.47 Å². The van der Waals surface area contributed by atoms with Crippen molar-refractivity contribution in [2.75, 3.05) is 13.7 Å². The highest BCUT2D eigenvalue weighted by molar-refractivity contribution is 9.10. The maximum Gasteiger partial charge on any atom is 0.409 e. The van der Waals surface area contributed by atoms with E-state index in [4.69, 9.17) is 10.00 Å². The number of nitriles is 1. The van der Waals surface area contributed by atoms with Crippen molar-refractivity contribution < 1.29 is 9.53 Å². The van der Waals surface area contributed by atoms with Gasteiger partial charge in [-0.15, -0.1) is 0 Å². The fourth-order valence-electron chi connectivity index (χ4n) is 1.41. The summed E-state index contributed by atoms with van der Waals surface area (Å²) >= 11 is 3.32. The van der Waals surface area contributed by atoms with Gasteiger partial charge in [-0.1, -0.05) is 13.8 Å². The summed E-state index contributed by atoms with van der Waals surface area (Å²) in [6.07, 6.45) is -0.398. The molecule has 7 heteroatoms. The Morgan fingerprint density at radius 3 is 2.74 bits per heavy atom. The Balaban J connectivity index is 2.70. The van der Waals surface area contributed by atoms with Gasteiger partial charge < -0.3 is 9.64 Å². The molecule has 0 N–H and O–H groups in total. The third-order valence-corrected chi connectivity index (χ3v) is 3.23. The van der Waals surface area contributed by atoms with Gasteiger partial charge in [-0.3, -0.25) is 4.68 Å². The van der Waals surface area contributed by atoms with E-state index < -0.39 is 6.09 Å². The minimum Gasteiger partial charge on any atom is -0.449 e. The molecule has 0 radical (unpaired) electrons. The largest absolute Gasteiger partial charge is 0.449 e. The van der Waals surface area contributed by atoms with Crippen LogP contribution >= 0.6 is 15.9 Å². The first-order valence-electron chi connectivity index (χ1n) is 5.86. The molecule has 0 saturated heterocycles. The molecular formula is C12H17BrN4O2. The van der Waals surface area contributed by atoms with E-state index >= 15 is 0 Å². The van der Waals surface area contributed by atoms with Gasteiger partial charge in [0.1, 0.15) is 6.07 Å². The molecule has 0 aliphatic rings. The Bertz CT molecular complexity index is 505. The maximum absolute atomic E-state index is 11.7. The lowest BCUT2D eigenvalue weighted by atomic mass is 10.2. The summed E-state index contributed by atoms with van der Waals surface area (Å²) in [6, 6.07) is 2.05. The summed E-state index contributed by atoms with van der Waals surface area (Å²) < 4.78 is 7.20. The third kappa shape index (κ3) is 3.96. The maximum atomic E-state index is 11.7. The average molecular weight is 329 g/mol. The highest BCUT2D eigenvalue weighted by Crippen LogP contribution is 2.21. The smallest absolute Gasteiger partial charge is 0.409 e. The van der Waals surface area contributed by atoms with Crippen LogP contribution in [0, 0.1) is 17.2 Å². The van der Waals surface area contributed by atoms with Crippen LogP contribution in [0.5, 0.6) is 0 Å². The van der Waals surface area contributed by atoms with Gasteiger partial charge in [-0.25, -0.2) is 4.79 Å². The van der Waals surface area contributed by atoms with Crippen molar-refractivity contribution in [2.45, 2.75) is 20.4 Å². The van der Waals surface area contributed by atoms with E-state index in [0.717, 1.165) is 0 Å². The molecule has 6 nitrogen and oxygen atoms in total. The predicted molar refractivity (Wildman–Crippen MR) is 73.3 cm³/mol. The normalized spacial score (nSPS) is 10.4. The number of carbonyl (C=O) groups excluding carboxylic acids is 1. The number of rotatable bonds is 4. The first kappa shape index (κ1) is 15.5. The molecule has 1 rings (SSSR count). The van der Waals surface area contributed by atoms with Gasteiger partial charge in [-0.2, -0.15) is 10.4 Å². The lowest BCUT2D eigenvalue weighted by molar-refractivity contribution is 0.0976. The van der Waals surface area contributed by atoms with E-state index in [0.29, 0.717) is 28.4 Å². The van der Waals surface area contributed by atoms with Gasteiger partial charge in [0.2, 0.25) is 0 Å². The predicted octanol–water partition coefficient (Wildman–Crippen LogP) is 2.28.